The molecule has 1 saturated carbocycles. The Balaban J connectivity index is 1.94. The second kappa shape index (κ2) is 3.61. The van der Waals surface area contributed by atoms with Gasteiger partial charge in [-0.15, -0.1) is 11.3 Å². The van der Waals surface area contributed by atoms with E-state index in [2.05, 4.69) is 15.0 Å². The molecule has 0 saturated heterocycles. The second-order valence-electron chi connectivity index (χ2n) is 4.14. The van der Waals surface area contributed by atoms with Crippen molar-refractivity contribution in [3.8, 4) is 11.4 Å². The quantitative estimate of drug-likeness (QED) is 0.859. The summed E-state index contributed by atoms with van der Waals surface area (Å²) in [6, 6.07) is 0. The van der Waals surface area contributed by atoms with Crippen molar-refractivity contribution in [2.45, 2.75) is 24.8 Å². The molecule has 3 rings (SSSR count). The molecular weight excluding hydrogens is 220 g/mol. The van der Waals surface area contributed by atoms with Crippen molar-refractivity contribution in [2.24, 2.45) is 5.73 Å². The van der Waals surface area contributed by atoms with Gasteiger partial charge in [-0.25, -0.2) is 4.98 Å². The highest BCUT2D eigenvalue weighted by Gasteiger charge is 2.37. The fourth-order valence-corrected chi connectivity index (χ4v) is 2.81. The van der Waals surface area contributed by atoms with Gasteiger partial charge in [-0.05, 0) is 19.3 Å². The number of nitrogens with two attached hydrogens (primary N) is 1. The monoisotopic (exact) mass is 232 g/mol. The highest BCUT2D eigenvalue weighted by molar-refractivity contribution is 7.10. The van der Waals surface area contributed by atoms with Crippen LogP contribution in [0.1, 0.15) is 24.3 Å². The predicted octanol–water partition coefficient (Wildman–Crippen LogP) is 1.94. The van der Waals surface area contributed by atoms with E-state index in [4.69, 9.17) is 5.73 Å². The summed E-state index contributed by atoms with van der Waals surface area (Å²) in [6.07, 6.45) is 8.35. The van der Waals surface area contributed by atoms with E-state index < -0.39 is 0 Å². The average molecular weight is 232 g/mol. The number of aromatic nitrogens is 3. The van der Waals surface area contributed by atoms with Crippen LogP contribution in [0.5, 0.6) is 0 Å². The smallest absolute Gasteiger partial charge is 0.113 e. The van der Waals surface area contributed by atoms with Crippen LogP contribution in [0.3, 0.4) is 0 Å². The van der Waals surface area contributed by atoms with Gasteiger partial charge in [-0.1, -0.05) is 0 Å². The molecule has 1 aliphatic rings. The maximum atomic E-state index is 6.23. The zero-order valence-corrected chi connectivity index (χ0v) is 9.57. The lowest BCUT2D eigenvalue weighted by Gasteiger charge is -2.35. The van der Waals surface area contributed by atoms with E-state index >= 15 is 0 Å². The van der Waals surface area contributed by atoms with Crippen molar-refractivity contribution in [3.05, 3.63) is 29.0 Å². The molecule has 2 heterocycles. The first-order chi connectivity index (χ1) is 7.78. The summed E-state index contributed by atoms with van der Waals surface area (Å²) in [5, 5.41) is 3.03. The summed E-state index contributed by atoms with van der Waals surface area (Å²) >= 11 is 1.62. The third-order valence-corrected chi connectivity index (χ3v) is 4.06. The van der Waals surface area contributed by atoms with E-state index in [1.165, 1.54) is 6.42 Å². The van der Waals surface area contributed by atoms with Crippen molar-refractivity contribution < 1.29 is 0 Å². The number of hydrogen-bond acceptors (Lipinski definition) is 5. The van der Waals surface area contributed by atoms with Crippen molar-refractivity contribution in [3.63, 3.8) is 0 Å². The number of nitrogens with zero attached hydrogens (tertiary/aromatic N) is 3. The Morgan fingerprint density at radius 2 is 2.12 bits per heavy atom. The SMILES string of the molecule is NC1(c2nc(-c3cnccn3)cs2)CCC1. The van der Waals surface area contributed by atoms with Crippen LogP contribution < -0.4 is 5.73 Å². The molecule has 0 amide bonds. The van der Waals surface area contributed by atoms with Crippen LogP contribution in [-0.4, -0.2) is 15.0 Å². The minimum atomic E-state index is -0.175. The molecule has 5 heteroatoms. The minimum absolute atomic E-state index is 0.175. The Morgan fingerprint density at radius 1 is 1.25 bits per heavy atom. The summed E-state index contributed by atoms with van der Waals surface area (Å²) in [4.78, 5) is 12.8. The van der Waals surface area contributed by atoms with Crippen molar-refractivity contribution in [1.82, 2.24) is 15.0 Å². The zero-order valence-electron chi connectivity index (χ0n) is 8.76. The highest BCUT2D eigenvalue weighted by atomic mass is 32.1. The maximum Gasteiger partial charge on any atom is 0.113 e. The van der Waals surface area contributed by atoms with Crippen LogP contribution in [-0.2, 0) is 5.54 Å². The molecule has 2 aromatic heterocycles. The largest absolute Gasteiger partial charge is 0.319 e. The van der Waals surface area contributed by atoms with Crippen LogP contribution in [0, 0.1) is 0 Å². The van der Waals surface area contributed by atoms with Gasteiger partial charge in [-0.2, -0.15) is 0 Å². The van der Waals surface area contributed by atoms with E-state index in [0.717, 1.165) is 29.2 Å². The van der Waals surface area contributed by atoms with Crippen molar-refractivity contribution >= 4 is 11.3 Å². The Morgan fingerprint density at radius 3 is 2.75 bits per heavy atom. The summed E-state index contributed by atoms with van der Waals surface area (Å²) in [6.45, 7) is 0. The minimum Gasteiger partial charge on any atom is -0.319 e. The van der Waals surface area contributed by atoms with Gasteiger partial charge in [0.15, 0.2) is 0 Å². The van der Waals surface area contributed by atoms with Crippen LogP contribution >= 0.6 is 11.3 Å². The predicted molar refractivity (Wildman–Crippen MR) is 62.9 cm³/mol. The van der Waals surface area contributed by atoms with Gasteiger partial charge >= 0.3 is 0 Å². The molecule has 0 aliphatic heterocycles. The average Bonchev–Trinajstić information content (AvgIpc) is 2.77. The molecule has 0 bridgehead atoms. The maximum absolute atomic E-state index is 6.23. The first-order valence-electron chi connectivity index (χ1n) is 5.29. The van der Waals surface area contributed by atoms with E-state index in [1.54, 1.807) is 29.9 Å². The van der Waals surface area contributed by atoms with Crippen LogP contribution in [0.2, 0.25) is 0 Å². The molecule has 0 radical (unpaired) electrons. The van der Waals surface area contributed by atoms with Crippen LogP contribution in [0.25, 0.3) is 11.4 Å². The van der Waals surface area contributed by atoms with Gasteiger partial charge in [-0.3, -0.25) is 9.97 Å². The van der Waals surface area contributed by atoms with Gasteiger partial charge < -0.3 is 5.73 Å². The molecule has 2 aromatic rings. The molecule has 1 aliphatic carbocycles. The third-order valence-electron chi connectivity index (χ3n) is 3.00. The molecule has 0 aromatic carbocycles. The Kier molecular flexibility index (Phi) is 2.22. The fraction of sp³-hybridized carbons (Fsp3) is 0.364. The standard InChI is InChI=1S/C11H12N4S/c12-11(2-1-3-11)10-15-9(7-16-10)8-6-13-4-5-14-8/h4-7H,1-3,12H2. The summed E-state index contributed by atoms with van der Waals surface area (Å²) in [7, 11) is 0. The van der Waals surface area contributed by atoms with E-state index in [1.807, 2.05) is 5.38 Å². The van der Waals surface area contributed by atoms with E-state index in [9.17, 15) is 0 Å². The fourth-order valence-electron chi connectivity index (χ4n) is 1.82. The van der Waals surface area contributed by atoms with E-state index in [-0.39, 0.29) is 5.54 Å². The number of rotatable bonds is 2. The molecular formula is C11H12N4S. The van der Waals surface area contributed by atoms with Gasteiger partial charge in [0.05, 0.1) is 11.7 Å². The van der Waals surface area contributed by atoms with Crippen LogP contribution in [0.4, 0.5) is 0 Å². The molecule has 82 valence electrons. The van der Waals surface area contributed by atoms with Crippen molar-refractivity contribution in [2.75, 3.05) is 0 Å². The molecule has 1 fully saturated rings. The Bertz CT molecular complexity index is 490. The third kappa shape index (κ3) is 1.52. The molecule has 16 heavy (non-hydrogen) atoms. The van der Waals surface area contributed by atoms with E-state index in [0.29, 0.717) is 0 Å². The van der Waals surface area contributed by atoms with Gasteiger partial charge in [0.1, 0.15) is 16.4 Å². The summed E-state index contributed by atoms with van der Waals surface area (Å²) < 4.78 is 0. The number of thiazole rings is 1. The van der Waals surface area contributed by atoms with Gasteiger partial charge in [0.2, 0.25) is 0 Å². The topological polar surface area (TPSA) is 64.7 Å². The molecule has 0 unspecified atom stereocenters. The molecule has 0 spiro atoms. The second-order valence-corrected chi connectivity index (χ2v) is 5.00. The lowest BCUT2D eigenvalue weighted by Crippen LogP contribution is -2.43. The Labute approximate surface area is 97.6 Å². The lowest BCUT2D eigenvalue weighted by molar-refractivity contribution is 0.253. The van der Waals surface area contributed by atoms with Gasteiger partial charge in [0.25, 0.3) is 0 Å². The Hall–Kier alpha value is -1.33. The van der Waals surface area contributed by atoms with Crippen LogP contribution in [0.15, 0.2) is 24.0 Å². The normalized spacial score (nSPS) is 18.1. The lowest BCUT2D eigenvalue weighted by atomic mass is 9.78. The summed E-state index contributed by atoms with van der Waals surface area (Å²) in [5.74, 6) is 0. The van der Waals surface area contributed by atoms with Crippen molar-refractivity contribution in [1.29, 1.82) is 0 Å². The zero-order chi connectivity index (χ0) is 11.0. The molecule has 0 atom stereocenters. The van der Waals surface area contributed by atoms with Gasteiger partial charge in [0, 0.05) is 17.8 Å². The first kappa shape index (κ1) is 9.86. The number of hydrogen-bond donors (Lipinski definition) is 1. The molecule has 4 nitrogen and oxygen atoms in total. The summed E-state index contributed by atoms with van der Waals surface area (Å²) in [5.41, 5.74) is 7.74. The first-order valence-corrected chi connectivity index (χ1v) is 6.17. The molecule has 2 N–H and O–H groups in total. The highest BCUT2D eigenvalue weighted by Crippen LogP contribution is 2.40.